The number of hydrogen-bond acceptors (Lipinski definition) is 2. The molecule has 0 aliphatic carbocycles. The predicted octanol–water partition coefficient (Wildman–Crippen LogP) is 2.48. The molecule has 1 aromatic rings. The molecule has 1 saturated heterocycles. The zero-order chi connectivity index (χ0) is 14.9. The molecule has 0 amide bonds. The second kappa shape index (κ2) is 10.8. The highest BCUT2D eigenvalue weighted by atomic mass is 127. The van der Waals surface area contributed by atoms with Crippen molar-refractivity contribution >= 4 is 29.9 Å². The maximum Gasteiger partial charge on any atom is 0.188 e. The summed E-state index contributed by atoms with van der Waals surface area (Å²) in [7, 11) is 0. The Kier molecular flexibility index (Phi) is 9.47. The first kappa shape index (κ1) is 19.2. The van der Waals surface area contributed by atoms with Crippen molar-refractivity contribution in [1.29, 1.82) is 0 Å². The predicted molar refractivity (Wildman–Crippen MR) is 105 cm³/mol. The van der Waals surface area contributed by atoms with E-state index in [2.05, 4.69) is 52.5 Å². The SMILES string of the molecule is CCCNC(N)=NCC1CCN(CCc2ccccc2)C1.I. The number of nitrogens with one attached hydrogen (secondary N) is 1. The van der Waals surface area contributed by atoms with Gasteiger partial charge >= 0.3 is 0 Å². The van der Waals surface area contributed by atoms with E-state index in [9.17, 15) is 0 Å². The Morgan fingerprint density at radius 1 is 1.36 bits per heavy atom. The van der Waals surface area contributed by atoms with Crippen molar-refractivity contribution in [2.24, 2.45) is 16.6 Å². The van der Waals surface area contributed by atoms with Crippen LogP contribution >= 0.6 is 24.0 Å². The van der Waals surface area contributed by atoms with Crippen molar-refractivity contribution in [3.8, 4) is 0 Å². The lowest BCUT2D eigenvalue weighted by Crippen LogP contribution is -2.33. The topological polar surface area (TPSA) is 53.6 Å². The highest BCUT2D eigenvalue weighted by Gasteiger charge is 2.21. The van der Waals surface area contributed by atoms with Gasteiger partial charge in [0.05, 0.1) is 0 Å². The standard InChI is InChI=1S/C17H28N4.HI/c1-2-10-19-17(18)20-13-16-9-12-21(14-16)11-8-15-6-4-3-5-7-15;/h3-7,16H,2,8-14H2,1H3,(H3,18,19,20);1H. The molecule has 22 heavy (non-hydrogen) atoms. The van der Waals surface area contributed by atoms with Gasteiger partial charge in [0, 0.05) is 26.2 Å². The van der Waals surface area contributed by atoms with Crippen LogP contribution < -0.4 is 11.1 Å². The molecular weight excluding hydrogens is 387 g/mol. The summed E-state index contributed by atoms with van der Waals surface area (Å²) in [5.74, 6) is 1.25. The van der Waals surface area contributed by atoms with E-state index in [0.29, 0.717) is 11.9 Å². The van der Waals surface area contributed by atoms with E-state index < -0.39 is 0 Å². The van der Waals surface area contributed by atoms with Crippen LogP contribution in [-0.4, -0.2) is 43.6 Å². The van der Waals surface area contributed by atoms with Gasteiger partial charge in [-0.2, -0.15) is 0 Å². The number of nitrogens with two attached hydrogens (primary N) is 1. The third-order valence-electron chi connectivity index (χ3n) is 4.01. The highest BCUT2D eigenvalue weighted by Crippen LogP contribution is 2.16. The molecule has 1 fully saturated rings. The smallest absolute Gasteiger partial charge is 0.188 e. The van der Waals surface area contributed by atoms with Crippen molar-refractivity contribution in [2.75, 3.05) is 32.7 Å². The molecule has 1 unspecified atom stereocenters. The van der Waals surface area contributed by atoms with Gasteiger partial charge in [0.15, 0.2) is 5.96 Å². The molecule has 2 rings (SSSR count). The van der Waals surface area contributed by atoms with Gasteiger partial charge in [-0.3, -0.25) is 4.99 Å². The molecule has 3 N–H and O–H groups in total. The van der Waals surface area contributed by atoms with Crippen molar-refractivity contribution in [2.45, 2.75) is 26.2 Å². The van der Waals surface area contributed by atoms with Crippen molar-refractivity contribution in [3.05, 3.63) is 35.9 Å². The van der Waals surface area contributed by atoms with Crippen LogP contribution in [0.4, 0.5) is 0 Å². The largest absolute Gasteiger partial charge is 0.370 e. The Labute approximate surface area is 151 Å². The highest BCUT2D eigenvalue weighted by molar-refractivity contribution is 14.0. The lowest BCUT2D eigenvalue weighted by Gasteiger charge is -2.15. The minimum absolute atomic E-state index is 0. The normalized spacial score (nSPS) is 19.0. The Hall–Kier alpha value is -0.820. The average molecular weight is 416 g/mol. The Morgan fingerprint density at radius 3 is 2.86 bits per heavy atom. The Balaban J connectivity index is 0.00000242. The number of likely N-dealkylation sites (tertiary alicyclic amines) is 1. The molecule has 5 heteroatoms. The fraction of sp³-hybridized carbons (Fsp3) is 0.588. The van der Waals surface area contributed by atoms with Crippen LogP contribution in [0.3, 0.4) is 0 Å². The van der Waals surface area contributed by atoms with Crippen LogP contribution in [0.5, 0.6) is 0 Å². The van der Waals surface area contributed by atoms with E-state index in [0.717, 1.165) is 39.0 Å². The summed E-state index contributed by atoms with van der Waals surface area (Å²) in [4.78, 5) is 7.00. The summed E-state index contributed by atoms with van der Waals surface area (Å²) in [6.07, 6.45) is 3.45. The number of halogens is 1. The summed E-state index contributed by atoms with van der Waals surface area (Å²) in [6.45, 7) is 7.37. The molecule has 1 heterocycles. The van der Waals surface area contributed by atoms with Gasteiger partial charge < -0.3 is 16.0 Å². The number of guanidine groups is 1. The van der Waals surface area contributed by atoms with E-state index in [1.807, 2.05) is 0 Å². The first-order valence-corrected chi connectivity index (χ1v) is 8.08. The van der Waals surface area contributed by atoms with E-state index in [4.69, 9.17) is 5.73 Å². The first-order chi connectivity index (χ1) is 10.3. The van der Waals surface area contributed by atoms with Crippen molar-refractivity contribution in [1.82, 2.24) is 10.2 Å². The molecule has 0 saturated carbocycles. The number of rotatable bonds is 7. The summed E-state index contributed by atoms with van der Waals surface area (Å²) >= 11 is 0. The van der Waals surface area contributed by atoms with Crippen LogP contribution in [-0.2, 0) is 6.42 Å². The second-order valence-corrected chi connectivity index (χ2v) is 5.84. The third-order valence-corrected chi connectivity index (χ3v) is 4.01. The van der Waals surface area contributed by atoms with Crippen LogP contribution in [0, 0.1) is 5.92 Å². The van der Waals surface area contributed by atoms with Gasteiger partial charge in [0.2, 0.25) is 0 Å². The Morgan fingerprint density at radius 2 is 2.14 bits per heavy atom. The van der Waals surface area contributed by atoms with Crippen LogP contribution in [0.1, 0.15) is 25.3 Å². The molecule has 1 aromatic carbocycles. The van der Waals surface area contributed by atoms with E-state index in [-0.39, 0.29) is 24.0 Å². The second-order valence-electron chi connectivity index (χ2n) is 5.84. The Bertz CT molecular complexity index is 436. The average Bonchev–Trinajstić information content (AvgIpc) is 2.98. The van der Waals surface area contributed by atoms with Crippen molar-refractivity contribution < 1.29 is 0 Å². The minimum atomic E-state index is 0. The fourth-order valence-corrected chi connectivity index (χ4v) is 2.73. The van der Waals surface area contributed by atoms with Gasteiger partial charge in [0.25, 0.3) is 0 Å². The molecule has 1 aliphatic heterocycles. The molecule has 0 bridgehead atoms. The number of hydrogen-bond donors (Lipinski definition) is 2. The summed E-state index contributed by atoms with van der Waals surface area (Å²) in [5.41, 5.74) is 7.26. The monoisotopic (exact) mass is 416 g/mol. The maximum absolute atomic E-state index is 5.83. The molecule has 4 nitrogen and oxygen atoms in total. The van der Waals surface area contributed by atoms with Crippen LogP contribution in [0.15, 0.2) is 35.3 Å². The van der Waals surface area contributed by atoms with Gasteiger partial charge in [-0.15, -0.1) is 24.0 Å². The van der Waals surface area contributed by atoms with Gasteiger partial charge in [-0.1, -0.05) is 37.3 Å². The van der Waals surface area contributed by atoms with Gasteiger partial charge in [0.1, 0.15) is 0 Å². The summed E-state index contributed by atoms with van der Waals surface area (Å²) in [5, 5.41) is 3.13. The van der Waals surface area contributed by atoms with Crippen LogP contribution in [0.2, 0.25) is 0 Å². The van der Waals surface area contributed by atoms with Gasteiger partial charge in [-0.05, 0) is 37.3 Å². The van der Waals surface area contributed by atoms with E-state index in [1.54, 1.807) is 0 Å². The lowest BCUT2D eigenvalue weighted by atomic mass is 10.1. The van der Waals surface area contributed by atoms with Crippen LogP contribution in [0.25, 0.3) is 0 Å². The zero-order valence-corrected chi connectivity index (χ0v) is 15.8. The zero-order valence-electron chi connectivity index (χ0n) is 13.5. The van der Waals surface area contributed by atoms with E-state index >= 15 is 0 Å². The van der Waals surface area contributed by atoms with Crippen molar-refractivity contribution in [3.63, 3.8) is 0 Å². The summed E-state index contributed by atoms with van der Waals surface area (Å²) in [6, 6.07) is 10.7. The quantitative estimate of drug-likeness (QED) is 0.408. The molecule has 124 valence electrons. The number of aliphatic imine (C=N–C) groups is 1. The molecule has 1 aliphatic rings. The lowest BCUT2D eigenvalue weighted by molar-refractivity contribution is 0.329. The molecule has 0 radical (unpaired) electrons. The van der Waals surface area contributed by atoms with E-state index in [1.165, 1.54) is 18.5 Å². The molecular formula is C17H29IN4. The maximum atomic E-state index is 5.83. The summed E-state index contributed by atoms with van der Waals surface area (Å²) < 4.78 is 0. The van der Waals surface area contributed by atoms with Gasteiger partial charge in [-0.25, -0.2) is 0 Å². The number of nitrogens with zero attached hydrogens (tertiary/aromatic N) is 2. The third kappa shape index (κ3) is 6.96. The minimum Gasteiger partial charge on any atom is -0.370 e. The first-order valence-electron chi connectivity index (χ1n) is 8.08. The number of benzene rings is 1. The molecule has 1 atom stereocenters. The molecule has 0 spiro atoms. The fourth-order valence-electron chi connectivity index (χ4n) is 2.73. The molecule has 0 aromatic heterocycles.